The van der Waals surface area contributed by atoms with Gasteiger partial charge < -0.3 is 0 Å². The van der Waals surface area contributed by atoms with Gasteiger partial charge in [0.15, 0.2) is 0 Å². The van der Waals surface area contributed by atoms with Gasteiger partial charge >= 0.3 is 0 Å². The highest BCUT2D eigenvalue weighted by molar-refractivity contribution is 9.10. The quantitative estimate of drug-likeness (QED) is 0.229. The van der Waals surface area contributed by atoms with E-state index in [2.05, 4.69) is 48.6 Å². The molecular formula is C24H18BrClN6S. The van der Waals surface area contributed by atoms with Crippen LogP contribution in [0, 0.1) is 0 Å². The minimum absolute atomic E-state index is 0.529. The molecular weight excluding hydrogens is 520 g/mol. The van der Waals surface area contributed by atoms with Gasteiger partial charge in [-0.15, -0.1) is 22.0 Å². The van der Waals surface area contributed by atoms with Crippen molar-refractivity contribution in [1.29, 1.82) is 0 Å². The fourth-order valence-corrected chi connectivity index (χ4v) is 4.86. The van der Waals surface area contributed by atoms with Crippen molar-refractivity contribution in [3.05, 3.63) is 106 Å². The summed E-state index contributed by atoms with van der Waals surface area (Å²) in [5.41, 5.74) is 3.93. The van der Waals surface area contributed by atoms with Crippen molar-refractivity contribution in [3.63, 3.8) is 0 Å². The normalized spacial score (nSPS) is 11.1. The summed E-state index contributed by atoms with van der Waals surface area (Å²) in [4.78, 5) is 1.59. The summed E-state index contributed by atoms with van der Waals surface area (Å²) in [6.45, 7) is 0.533. The molecule has 0 atom stereocenters. The van der Waals surface area contributed by atoms with Crippen molar-refractivity contribution in [1.82, 2.24) is 30.0 Å². The lowest BCUT2D eigenvalue weighted by Gasteiger charge is -2.10. The van der Waals surface area contributed by atoms with E-state index in [0.717, 1.165) is 32.1 Å². The van der Waals surface area contributed by atoms with Gasteiger partial charge in [0.25, 0.3) is 0 Å². The summed E-state index contributed by atoms with van der Waals surface area (Å²) in [7, 11) is 0. The van der Waals surface area contributed by atoms with Crippen molar-refractivity contribution in [3.8, 4) is 17.1 Å². The summed E-state index contributed by atoms with van der Waals surface area (Å²) in [6.07, 6.45) is 1.78. The van der Waals surface area contributed by atoms with Gasteiger partial charge in [-0.1, -0.05) is 82.1 Å². The van der Waals surface area contributed by atoms with Gasteiger partial charge in [0.1, 0.15) is 5.03 Å². The number of thioether (sulfide) groups is 1. The molecule has 0 unspecified atom stereocenters. The Balaban J connectivity index is 1.48. The molecule has 6 nitrogen and oxygen atoms in total. The second-order valence-corrected chi connectivity index (χ2v) is 9.56. The molecule has 0 saturated carbocycles. The highest BCUT2D eigenvalue weighted by Crippen LogP contribution is 2.35. The predicted molar refractivity (Wildman–Crippen MR) is 135 cm³/mol. The first-order valence-corrected chi connectivity index (χ1v) is 12.4. The van der Waals surface area contributed by atoms with Crippen molar-refractivity contribution < 1.29 is 0 Å². The van der Waals surface area contributed by atoms with Crippen LogP contribution in [0.4, 0.5) is 0 Å². The number of aromatic nitrogens is 6. The zero-order chi connectivity index (χ0) is 22.6. The maximum atomic E-state index is 6.49. The van der Waals surface area contributed by atoms with E-state index in [0.29, 0.717) is 17.4 Å². The third-order valence-electron chi connectivity index (χ3n) is 4.96. The molecule has 0 radical (unpaired) electrons. The van der Waals surface area contributed by atoms with Gasteiger partial charge in [-0.05, 0) is 40.6 Å². The molecule has 164 valence electrons. The average molecular weight is 538 g/mol. The van der Waals surface area contributed by atoms with Crippen molar-refractivity contribution >= 4 is 39.3 Å². The van der Waals surface area contributed by atoms with Gasteiger partial charge in [0, 0.05) is 10.2 Å². The van der Waals surface area contributed by atoms with E-state index < -0.39 is 0 Å². The van der Waals surface area contributed by atoms with Crippen molar-refractivity contribution in [2.45, 2.75) is 17.3 Å². The third-order valence-corrected chi connectivity index (χ3v) is 6.95. The first kappa shape index (κ1) is 21.9. The average Bonchev–Trinajstić information content (AvgIpc) is 3.47. The molecule has 9 heteroatoms. The minimum Gasteiger partial charge on any atom is -0.225 e. The number of rotatable bonds is 7. The monoisotopic (exact) mass is 536 g/mol. The lowest BCUT2D eigenvalue weighted by molar-refractivity contribution is 0.573. The molecule has 3 aromatic carbocycles. The molecule has 0 spiro atoms. The lowest BCUT2D eigenvalue weighted by atomic mass is 10.2. The SMILES string of the molecule is Clc1ccccc1-n1ncc(-c2nnn(Cc3ccc(Br)cc3)n2)c1SCc1ccccc1. The third kappa shape index (κ3) is 5.03. The predicted octanol–water partition coefficient (Wildman–Crippen LogP) is 6.28. The van der Waals surface area contributed by atoms with Crippen LogP contribution < -0.4 is 0 Å². The van der Waals surface area contributed by atoms with Crippen LogP contribution in [-0.4, -0.2) is 30.0 Å². The maximum absolute atomic E-state index is 6.49. The van der Waals surface area contributed by atoms with Crippen LogP contribution in [-0.2, 0) is 12.3 Å². The summed E-state index contributed by atoms with van der Waals surface area (Å²) in [5, 5.41) is 19.4. The Morgan fingerprint density at radius 3 is 2.42 bits per heavy atom. The van der Waals surface area contributed by atoms with Crippen LogP contribution in [0.1, 0.15) is 11.1 Å². The Morgan fingerprint density at radius 1 is 0.879 bits per heavy atom. The number of para-hydroxylation sites is 1. The van der Waals surface area contributed by atoms with E-state index >= 15 is 0 Å². The molecule has 2 aromatic heterocycles. The molecule has 2 heterocycles. The standard InChI is InChI=1S/C24H18BrClN6S/c25-19-12-10-17(11-13-19)15-31-29-23(28-30-31)20-14-27-32(22-9-5-4-8-21(22)26)24(20)33-16-18-6-2-1-3-7-18/h1-14H,15-16H2. The van der Waals surface area contributed by atoms with Crippen LogP contribution >= 0.6 is 39.3 Å². The fraction of sp³-hybridized carbons (Fsp3) is 0.0833. The summed E-state index contributed by atoms with van der Waals surface area (Å²) in [6, 6.07) is 26.0. The Bertz CT molecular complexity index is 1370. The molecule has 0 N–H and O–H groups in total. The molecule has 0 bridgehead atoms. The highest BCUT2D eigenvalue weighted by atomic mass is 79.9. The first-order valence-electron chi connectivity index (χ1n) is 10.2. The molecule has 5 rings (SSSR count). The van der Waals surface area contributed by atoms with E-state index in [4.69, 9.17) is 11.6 Å². The van der Waals surface area contributed by atoms with Crippen molar-refractivity contribution in [2.24, 2.45) is 0 Å². The van der Waals surface area contributed by atoms with E-state index in [9.17, 15) is 0 Å². The Labute approximate surface area is 208 Å². The number of hydrogen-bond donors (Lipinski definition) is 0. The second-order valence-electron chi connectivity index (χ2n) is 7.27. The van der Waals surface area contributed by atoms with Gasteiger partial charge in [-0.3, -0.25) is 0 Å². The van der Waals surface area contributed by atoms with E-state index in [1.165, 1.54) is 5.56 Å². The highest BCUT2D eigenvalue weighted by Gasteiger charge is 2.20. The summed E-state index contributed by atoms with van der Waals surface area (Å²) >= 11 is 11.6. The molecule has 0 saturated heterocycles. The van der Waals surface area contributed by atoms with E-state index in [1.807, 2.05) is 71.4 Å². The van der Waals surface area contributed by atoms with Crippen LogP contribution in [0.15, 0.2) is 94.6 Å². The van der Waals surface area contributed by atoms with Crippen LogP contribution in [0.5, 0.6) is 0 Å². The zero-order valence-corrected chi connectivity index (χ0v) is 20.5. The smallest absolute Gasteiger partial charge is 0.209 e. The molecule has 0 amide bonds. The zero-order valence-electron chi connectivity index (χ0n) is 17.3. The Morgan fingerprint density at radius 2 is 1.64 bits per heavy atom. The van der Waals surface area contributed by atoms with Crippen LogP contribution in [0.3, 0.4) is 0 Å². The summed E-state index contributed by atoms with van der Waals surface area (Å²) < 4.78 is 2.88. The Kier molecular flexibility index (Phi) is 6.57. The molecule has 0 aliphatic heterocycles. The lowest BCUT2D eigenvalue weighted by Crippen LogP contribution is -2.04. The molecule has 0 aliphatic carbocycles. The topological polar surface area (TPSA) is 61.4 Å². The number of nitrogens with zero attached hydrogens (tertiary/aromatic N) is 6. The van der Waals surface area contributed by atoms with E-state index in [-0.39, 0.29) is 0 Å². The molecule has 5 aromatic rings. The van der Waals surface area contributed by atoms with Crippen LogP contribution in [0.25, 0.3) is 17.1 Å². The number of benzene rings is 3. The minimum atomic E-state index is 0.529. The first-order chi connectivity index (χ1) is 16.2. The molecule has 0 aliphatic rings. The number of hydrogen-bond acceptors (Lipinski definition) is 5. The van der Waals surface area contributed by atoms with Crippen LogP contribution in [0.2, 0.25) is 5.02 Å². The largest absolute Gasteiger partial charge is 0.225 e. The molecule has 33 heavy (non-hydrogen) atoms. The van der Waals surface area contributed by atoms with Gasteiger partial charge in [-0.25, -0.2) is 4.68 Å². The number of halogens is 2. The van der Waals surface area contributed by atoms with Gasteiger partial charge in [0.05, 0.1) is 29.0 Å². The van der Waals surface area contributed by atoms with Gasteiger partial charge in [0.2, 0.25) is 5.82 Å². The van der Waals surface area contributed by atoms with Gasteiger partial charge in [-0.2, -0.15) is 9.90 Å². The second kappa shape index (κ2) is 9.91. The van der Waals surface area contributed by atoms with E-state index in [1.54, 1.807) is 22.8 Å². The number of tetrazole rings is 1. The summed E-state index contributed by atoms with van der Waals surface area (Å²) in [5.74, 6) is 1.30. The molecule has 0 fully saturated rings. The Hall–Kier alpha value is -2.94. The van der Waals surface area contributed by atoms with Crippen molar-refractivity contribution in [2.75, 3.05) is 0 Å². The fourth-order valence-electron chi connectivity index (χ4n) is 3.32. The maximum Gasteiger partial charge on any atom is 0.209 e.